The van der Waals surface area contributed by atoms with Crippen molar-refractivity contribution >= 4 is 0 Å². The van der Waals surface area contributed by atoms with Gasteiger partial charge in [0.05, 0.1) is 18.8 Å². The van der Waals surface area contributed by atoms with E-state index in [2.05, 4.69) is 17.2 Å². The molecule has 1 fully saturated rings. The summed E-state index contributed by atoms with van der Waals surface area (Å²) in [6, 6.07) is 10.2. The molecular weight excluding hydrogens is 248 g/mol. The number of benzene rings is 1. The Bertz CT molecular complexity index is 529. The Morgan fingerprint density at radius 1 is 1.10 bits per heavy atom. The Morgan fingerprint density at radius 3 is 2.60 bits per heavy atom. The van der Waals surface area contributed by atoms with Crippen LogP contribution in [0.3, 0.4) is 0 Å². The molecule has 0 bridgehead atoms. The highest BCUT2D eigenvalue weighted by Gasteiger charge is 2.22. The minimum absolute atomic E-state index is 0.265. The Hall–Kier alpha value is -1.61. The third-order valence-corrected chi connectivity index (χ3v) is 4.31. The number of hydrogen-bond acceptors (Lipinski definition) is 2. The number of hydrogen-bond donors (Lipinski definition) is 1. The van der Waals surface area contributed by atoms with Crippen LogP contribution in [0.15, 0.2) is 42.7 Å². The third-order valence-electron chi connectivity index (χ3n) is 4.31. The maximum absolute atomic E-state index is 10.3. The lowest BCUT2D eigenvalue weighted by atomic mass is 9.85. The zero-order valence-corrected chi connectivity index (χ0v) is 11.8. The van der Waals surface area contributed by atoms with Gasteiger partial charge in [-0.25, -0.2) is 0 Å². The number of aromatic nitrogens is 2. The minimum atomic E-state index is -0.265. The van der Waals surface area contributed by atoms with Gasteiger partial charge < -0.3 is 5.11 Å². The van der Waals surface area contributed by atoms with E-state index < -0.39 is 0 Å². The number of nitrogens with zero attached hydrogens (tertiary/aromatic N) is 2. The standard InChI is InChI=1S/C17H22N2O/c20-17(15-9-5-2-6-10-15)13-19-12-16(11-18-19)14-7-3-1-4-8-14/h1,3-4,7-8,11-12,15,17,20H,2,5-6,9-10,13H2. The Kier molecular flexibility index (Phi) is 4.16. The predicted octanol–water partition coefficient (Wildman–Crippen LogP) is 3.49. The van der Waals surface area contributed by atoms with Gasteiger partial charge in [0.1, 0.15) is 0 Å². The van der Waals surface area contributed by atoms with Crippen LogP contribution in [0.25, 0.3) is 11.1 Å². The molecule has 1 unspecified atom stereocenters. The van der Waals surface area contributed by atoms with Gasteiger partial charge in [0.2, 0.25) is 0 Å². The van der Waals surface area contributed by atoms with Crippen molar-refractivity contribution in [3.8, 4) is 11.1 Å². The van der Waals surface area contributed by atoms with Crippen LogP contribution in [0.4, 0.5) is 0 Å². The summed E-state index contributed by atoms with van der Waals surface area (Å²) in [5, 5.41) is 14.7. The van der Waals surface area contributed by atoms with E-state index in [1.165, 1.54) is 24.8 Å². The molecule has 106 valence electrons. The van der Waals surface area contributed by atoms with Crippen molar-refractivity contribution in [1.29, 1.82) is 0 Å². The molecule has 0 spiro atoms. The molecule has 20 heavy (non-hydrogen) atoms. The summed E-state index contributed by atoms with van der Waals surface area (Å²) < 4.78 is 1.88. The first-order valence-electron chi connectivity index (χ1n) is 7.59. The molecule has 0 amide bonds. The monoisotopic (exact) mass is 270 g/mol. The molecule has 3 rings (SSSR count). The highest BCUT2D eigenvalue weighted by Crippen LogP contribution is 2.27. The summed E-state index contributed by atoms with van der Waals surface area (Å²) >= 11 is 0. The normalized spacial score (nSPS) is 18.1. The fourth-order valence-corrected chi connectivity index (χ4v) is 3.10. The average molecular weight is 270 g/mol. The lowest BCUT2D eigenvalue weighted by Crippen LogP contribution is -2.27. The van der Waals surface area contributed by atoms with Crippen LogP contribution in [0, 0.1) is 5.92 Å². The Balaban J connectivity index is 1.65. The van der Waals surface area contributed by atoms with E-state index in [0.29, 0.717) is 12.5 Å². The van der Waals surface area contributed by atoms with Gasteiger partial charge in [-0.2, -0.15) is 5.10 Å². The summed E-state index contributed by atoms with van der Waals surface area (Å²) in [6.07, 6.45) is 9.81. The molecule has 1 heterocycles. The predicted molar refractivity (Wildman–Crippen MR) is 80.2 cm³/mol. The Morgan fingerprint density at radius 2 is 1.85 bits per heavy atom. The minimum Gasteiger partial charge on any atom is -0.391 e. The van der Waals surface area contributed by atoms with Crippen molar-refractivity contribution in [1.82, 2.24) is 9.78 Å². The van der Waals surface area contributed by atoms with E-state index in [-0.39, 0.29) is 6.10 Å². The summed E-state index contributed by atoms with van der Waals surface area (Å²) in [7, 11) is 0. The van der Waals surface area contributed by atoms with Gasteiger partial charge in [0.25, 0.3) is 0 Å². The molecule has 1 aliphatic carbocycles. The van der Waals surface area contributed by atoms with Crippen LogP contribution in [-0.2, 0) is 6.54 Å². The number of rotatable bonds is 4. The van der Waals surface area contributed by atoms with Crippen molar-refractivity contribution < 1.29 is 5.11 Å². The molecule has 0 radical (unpaired) electrons. The largest absolute Gasteiger partial charge is 0.391 e. The maximum atomic E-state index is 10.3. The van der Waals surface area contributed by atoms with E-state index in [1.807, 2.05) is 35.3 Å². The first-order chi connectivity index (χ1) is 9.83. The molecule has 1 saturated carbocycles. The van der Waals surface area contributed by atoms with E-state index in [0.717, 1.165) is 18.4 Å². The molecule has 3 nitrogen and oxygen atoms in total. The first-order valence-corrected chi connectivity index (χ1v) is 7.59. The molecule has 3 heteroatoms. The fourth-order valence-electron chi connectivity index (χ4n) is 3.10. The topological polar surface area (TPSA) is 38.0 Å². The van der Waals surface area contributed by atoms with Gasteiger partial charge in [-0.1, -0.05) is 49.6 Å². The van der Waals surface area contributed by atoms with Crippen LogP contribution in [0.1, 0.15) is 32.1 Å². The zero-order valence-electron chi connectivity index (χ0n) is 11.8. The lowest BCUT2D eigenvalue weighted by Gasteiger charge is -2.26. The first kappa shape index (κ1) is 13.4. The van der Waals surface area contributed by atoms with Gasteiger partial charge in [-0.3, -0.25) is 4.68 Å². The molecular formula is C17H22N2O. The van der Waals surface area contributed by atoms with E-state index in [4.69, 9.17) is 0 Å². The molecule has 2 aromatic rings. The second kappa shape index (κ2) is 6.23. The van der Waals surface area contributed by atoms with Crippen molar-refractivity contribution in [2.45, 2.75) is 44.8 Å². The molecule has 1 N–H and O–H groups in total. The maximum Gasteiger partial charge on any atom is 0.0764 e. The molecule has 1 aromatic heterocycles. The fraction of sp³-hybridized carbons (Fsp3) is 0.471. The summed E-state index contributed by atoms with van der Waals surface area (Å²) in [6.45, 7) is 0.609. The van der Waals surface area contributed by atoms with Crippen LogP contribution in [0.2, 0.25) is 0 Å². The molecule has 1 aliphatic rings. The Labute approximate surface area is 120 Å². The van der Waals surface area contributed by atoms with Crippen molar-refractivity contribution in [2.75, 3.05) is 0 Å². The second-order valence-corrected chi connectivity index (χ2v) is 5.78. The summed E-state index contributed by atoms with van der Waals surface area (Å²) in [5.41, 5.74) is 2.28. The van der Waals surface area contributed by atoms with Crippen molar-refractivity contribution in [2.24, 2.45) is 5.92 Å². The zero-order chi connectivity index (χ0) is 13.8. The molecule has 0 aliphatic heterocycles. The third kappa shape index (κ3) is 3.10. The second-order valence-electron chi connectivity index (χ2n) is 5.78. The van der Waals surface area contributed by atoms with Crippen molar-refractivity contribution in [3.63, 3.8) is 0 Å². The summed E-state index contributed by atoms with van der Waals surface area (Å²) in [4.78, 5) is 0. The summed E-state index contributed by atoms with van der Waals surface area (Å²) in [5.74, 6) is 0.452. The van der Waals surface area contributed by atoms with E-state index >= 15 is 0 Å². The van der Waals surface area contributed by atoms with E-state index in [1.54, 1.807) is 0 Å². The average Bonchev–Trinajstić information content (AvgIpc) is 2.97. The van der Waals surface area contributed by atoms with Gasteiger partial charge in [-0.15, -0.1) is 0 Å². The highest BCUT2D eigenvalue weighted by atomic mass is 16.3. The van der Waals surface area contributed by atoms with Gasteiger partial charge in [0.15, 0.2) is 0 Å². The molecule has 1 aromatic carbocycles. The molecule has 0 saturated heterocycles. The lowest BCUT2D eigenvalue weighted by molar-refractivity contribution is 0.0665. The van der Waals surface area contributed by atoms with Crippen LogP contribution < -0.4 is 0 Å². The smallest absolute Gasteiger partial charge is 0.0764 e. The van der Waals surface area contributed by atoms with Crippen LogP contribution in [-0.4, -0.2) is 21.0 Å². The number of aliphatic hydroxyl groups excluding tert-OH is 1. The van der Waals surface area contributed by atoms with Gasteiger partial charge >= 0.3 is 0 Å². The highest BCUT2D eigenvalue weighted by molar-refractivity contribution is 5.61. The van der Waals surface area contributed by atoms with Crippen molar-refractivity contribution in [3.05, 3.63) is 42.7 Å². The van der Waals surface area contributed by atoms with Gasteiger partial charge in [-0.05, 0) is 24.3 Å². The number of aliphatic hydroxyl groups is 1. The van der Waals surface area contributed by atoms with Gasteiger partial charge in [0, 0.05) is 11.8 Å². The SMILES string of the molecule is OC(Cn1cc(-c2ccccc2)cn1)C1CCCCC1. The molecule has 1 atom stereocenters. The van der Waals surface area contributed by atoms with Crippen LogP contribution in [0.5, 0.6) is 0 Å². The van der Waals surface area contributed by atoms with E-state index in [9.17, 15) is 5.11 Å². The van der Waals surface area contributed by atoms with Crippen LogP contribution >= 0.6 is 0 Å². The quantitative estimate of drug-likeness (QED) is 0.923.